The van der Waals surface area contributed by atoms with E-state index in [0.717, 1.165) is 49.9 Å². The van der Waals surface area contributed by atoms with Crippen LogP contribution < -0.4 is 10.2 Å². The predicted molar refractivity (Wildman–Crippen MR) is 86.7 cm³/mol. The van der Waals surface area contributed by atoms with Gasteiger partial charge in [0.15, 0.2) is 5.82 Å². The maximum Gasteiger partial charge on any atom is 0.151 e. The molecule has 1 aromatic heterocycles. The van der Waals surface area contributed by atoms with Crippen molar-refractivity contribution in [1.82, 2.24) is 4.98 Å². The van der Waals surface area contributed by atoms with Crippen molar-refractivity contribution in [2.45, 2.75) is 38.2 Å². The van der Waals surface area contributed by atoms with Gasteiger partial charge < -0.3 is 15.3 Å². The molecule has 4 heteroatoms. The van der Waals surface area contributed by atoms with Crippen LogP contribution in [0, 0.1) is 5.92 Å². The van der Waals surface area contributed by atoms with Crippen molar-refractivity contribution in [1.29, 1.82) is 0 Å². The van der Waals surface area contributed by atoms with Gasteiger partial charge in [-0.25, -0.2) is 4.98 Å². The molecule has 4 nitrogen and oxygen atoms in total. The third-order valence-corrected chi connectivity index (χ3v) is 4.51. The maximum atomic E-state index is 9.65. The van der Waals surface area contributed by atoms with Crippen molar-refractivity contribution in [2.75, 3.05) is 29.9 Å². The number of pyridine rings is 1. The molecule has 1 unspecified atom stereocenters. The molecule has 1 fully saturated rings. The molecule has 1 saturated heterocycles. The SMILES string of the molecule is OC1CCN(c2ncccc2NCC2CC=CCC2)CC1. The Morgan fingerprint density at radius 2 is 2.10 bits per heavy atom. The number of rotatable bonds is 4. The number of aliphatic hydroxyl groups excluding tert-OH is 1. The van der Waals surface area contributed by atoms with Crippen LogP contribution in [-0.4, -0.2) is 35.8 Å². The lowest BCUT2D eigenvalue weighted by Crippen LogP contribution is -2.36. The molecule has 1 aliphatic carbocycles. The van der Waals surface area contributed by atoms with Gasteiger partial charge in [0.1, 0.15) is 0 Å². The van der Waals surface area contributed by atoms with Crippen molar-refractivity contribution in [2.24, 2.45) is 5.92 Å². The normalized spacial score (nSPS) is 23.3. The molecule has 21 heavy (non-hydrogen) atoms. The molecule has 0 saturated carbocycles. The van der Waals surface area contributed by atoms with E-state index in [1.54, 1.807) is 0 Å². The van der Waals surface area contributed by atoms with Gasteiger partial charge in [-0.3, -0.25) is 0 Å². The zero-order valence-electron chi connectivity index (χ0n) is 12.5. The lowest BCUT2D eigenvalue weighted by molar-refractivity contribution is 0.145. The number of nitrogens with one attached hydrogen (secondary N) is 1. The van der Waals surface area contributed by atoms with Crippen LogP contribution in [0.5, 0.6) is 0 Å². The molecule has 0 aromatic carbocycles. The summed E-state index contributed by atoms with van der Waals surface area (Å²) in [6.07, 6.45) is 11.6. The maximum absolute atomic E-state index is 9.65. The van der Waals surface area contributed by atoms with Crippen LogP contribution in [0.15, 0.2) is 30.5 Å². The minimum Gasteiger partial charge on any atom is -0.393 e. The lowest BCUT2D eigenvalue weighted by atomic mass is 9.94. The quantitative estimate of drug-likeness (QED) is 0.836. The highest BCUT2D eigenvalue weighted by atomic mass is 16.3. The molecule has 2 heterocycles. The highest BCUT2D eigenvalue weighted by Gasteiger charge is 2.20. The van der Waals surface area contributed by atoms with Gasteiger partial charge in [0.25, 0.3) is 0 Å². The predicted octanol–water partition coefficient (Wildman–Crippen LogP) is 2.81. The molecule has 1 aromatic rings. The van der Waals surface area contributed by atoms with Crippen LogP contribution in [-0.2, 0) is 0 Å². The molecule has 0 bridgehead atoms. The Bertz CT molecular complexity index is 481. The summed E-state index contributed by atoms with van der Waals surface area (Å²) in [5, 5.41) is 13.2. The van der Waals surface area contributed by atoms with E-state index in [0.29, 0.717) is 0 Å². The fourth-order valence-corrected chi connectivity index (χ4v) is 3.16. The van der Waals surface area contributed by atoms with E-state index in [-0.39, 0.29) is 6.10 Å². The van der Waals surface area contributed by atoms with Crippen LogP contribution in [0.25, 0.3) is 0 Å². The zero-order chi connectivity index (χ0) is 14.5. The average Bonchev–Trinajstić information content (AvgIpc) is 2.55. The molecular formula is C17H25N3O. The first-order valence-corrected chi connectivity index (χ1v) is 8.10. The fraction of sp³-hybridized carbons (Fsp3) is 0.588. The first-order valence-electron chi connectivity index (χ1n) is 8.10. The molecule has 2 N–H and O–H groups in total. The average molecular weight is 287 g/mol. The molecule has 0 spiro atoms. The number of anilines is 2. The van der Waals surface area contributed by atoms with E-state index in [1.165, 1.54) is 19.3 Å². The third-order valence-electron chi connectivity index (χ3n) is 4.51. The molecule has 114 valence electrons. The van der Waals surface area contributed by atoms with Crippen LogP contribution in [0.2, 0.25) is 0 Å². The minimum absolute atomic E-state index is 0.143. The molecule has 1 atom stereocenters. The Morgan fingerprint density at radius 1 is 1.24 bits per heavy atom. The summed E-state index contributed by atoms with van der Waals surface area (Å²) in [5.41, 5.74) is 1.13. The van der Waals surface area contributed by atoms with Crippen LogP contribution in [0.4, 0.5) is 11.5 Å². The molecule has 2 aliphatic rings. The Balaban J connectivity index is 1.63. The van der Waals surface area contributed by atoms with Crippen molar-refractivity contribution >= 4 is 11.5 Å². The summed E-state index contributed by atoms with van der Waals surface area (Å²) < 4.78 is 0. The van der Waals surface area contributed by atoms with Gasteiger partial charge in [-0.2, -0.15) is 0 Å². The second-order valence-electron chi connectivity index (χ2n) is 6.12. The first kappa shape index (κ1) is 14.4. The molecular weight excluding hydrogens is 262 g/mol. The number of hydrogen-bond donors (Lipinski definition) is 2. The van der Waals surface area contributed by atoms with Gasteiger partial charge in [0, 0.05) is 25.8 Å². The summed E-state index contributed by atoms with van der Waals surface area (Å²) in [6.45, 7) is 2.79. The fourth-order valence-electron chi connectivity index (χ4n) is 3.16. The van der Waals surface area contributed by atoms with Crippen LogP contribution in [0.1, 0.15) is 32.1 Å². The van der Waals surface area contributed by atoms with Gasteiger partial charge in [0.2, 0.25) is 0 Å². The summed E-state index contributed by atoms with van der Waals surface area (Å²) >= 11 is 0. The molecule has 3 rings (SSSR count). The Kier molecular flexibility index (Phi) is 4.76. The monoisotopic (exact) mass is 287 g/mol. The van der Waals surface area contributed by atoms with Gasteiger partial charge in [-0.05, 0) is 50.2 Å². The summed E-state index contributed by atoms with van der Waals surface area (Å²) in [5.74, 6) is 1.77. The molecule has 0 amide bonds. The number of hydrogen-bond acceptors (Lipinski definition) is 4. The number of aliphatic hydroxyl groups is 1. The van der Waals surface area contributed by atoms with Crippen molar-refractivity contribution in [3.63, 3.8) is 0 Å². The summed E-state index contributed by atoms with van der Waals surface area (Å²) in [6, 6.07) is 4.11. The number of allylic oxidation sites excluding steroid dienone is 2. The van der Waals surface area contributed by atoms with Gasteiger partial charge >= 0.3 is 0 Å². The Labute approximate surface area is 126 Å². The van der Waals surface area contributed by atoms with Gasteiger partial charge in [0.05, 0.1) is 11.8 Å². The van der Waals surface area contributed by atoms with Crippen LogP contribution in [0.3, 0.4) is 0 Å². The van der Waals surface area contributed by atoms with Gasteiger partial charge in [-0.15, -0.1) is 0 Å². The Hall–Kier alpha value is -1.55. The van der Waals surface area contributed by atoms with E-state index in [9.17, 15) is 5.11 Å². The van der Waals surface area contributed by atoms with Crippen molar-refractivity contribution in [3.8, 4) is 0 Å². The second kappa shape index (κ2) is 6.94. The van der Waals surface area contributed by atoms with Crippen molar-refractivity contribution in [3.05, 3.63) is 30.5 Å². The number of aromatic nitrogens is 1. The van der Waals surface area contributed by atoms with E-state index in [1.807, 2.05) is 12.3 Å². The van der Waals surface area contributed by atoms with Crippen LogP contribution >= 0.6 is 0 Å². The van der Waals surface area contributed by atoms with E-state index >= 15 is 0 Å². The topological polar surface area (TPSA) is 48.4 Å². The van der Waals surface area contributed by atoms with E-state index in [2.05, 4.69) is 33.4 Å². The first-order chi connectivity index (χ1) is 10.3. The molecule has 1 aliphatic heterocycles. The number of nitrogens with zero attached hydrogens (tertiary/aromatic N) is 2. The summed E-state index contributed by atoms with van der Waals surface area (Å²) in [4.78, 5) is 6.85. The number of piperidine rings is 1. The summed E-state index contributed by atoms with van der Waals surface area (Å²) in [7, 11) is 0. The van der Waals surface area contributed by atoms with Crippen molar-refractivity contribution < 1.29 is 5.11 Å². The van der Waals surface area contributed by atoms with E-state index < -0.39 is 0 Å². The highest BCUT2D eigenvalue weighted by Crippen LogP contribution is 2.27. The molecule has 0 radical (unpaired) electrons. The van der Waals surface area contributed by atoms with E-state index in [4.69, 9.17) is 0 Å². The smallest absolute Gasteiger partial charge is 0.151 e. The van der Waals surface area contributed by atoms with Gasteiger partial charge in [-0.1, -0.05) is 12.2 Å². The highest BCUT2D eigenvalue weighted by molar-refractivity contribution is 5.65. The lowest BCUT2D eigenvalue weighted by Gasteiger charge is -2.32. The second-order valence-corrected chi connectivity index (χ2v) is 6.12. The zero-order valence-corrected chi connectivity index (χ0v) is 12.5. The largest absolute Gasteiger partial charge is 0.393 e. The third kappa shape index (κ3) is 3.76. The minimum atomic E-state index is -0.143. The Morgan fingerprint density at radius 3 is 2.86 bits per heavy atom. The standard InChI is InChI=1S/C17H25N3O/c21-15-8-11-20(12-9-15)17-16(7-4-10-18-17)19-13-14-5-2-1-3-6-14/h1-2,4,7,10,14-15,19,21H,3,5-6,8-9,11-13H2.